The summed E-state index contributed by atoms with van der Waals surface area (Å²) in [6.45, 7) is 0.849. The highest BCUT2D eigenvalue weighted by atomic mass is 19.2. The Balaban J connectivity index is 1.56. The Labute approximate surface area is 142 Å². The molecule has 3 nitrogen and oxygen atoms in total. The Hall–Kier alpha value is -2.76. The number of aromatic amines is 1. The van der Waals surface area contributed by atoms with Crippen LogP contribution in [0.15, 0.2) is 42.5 Å². The summed E-state index contributed by atoms with van der Waals surface area (Å²) in [6, 6.07) is 11.7. The number of carbonyl (C=O) groups is 1. The van der Waals surface area contributed by atoms with Crippen molar-refractivity contribution < 1.29 is 18.0 Å². The van der Waals surface area contributed by atoms with Crippen LogP contribution in [0.1, 0.15) is 28.4 Å². The van der Waals surface area contributed by atoms with Gasteiger partial charge in [0.15, 0.2) is 17.5 Å². The van der Waals surface area contributed by atoms with E-state index in [9.17, 15) is 18.0 Å². The van der Waals surface area contributed by atoms with E-state index in [1.54, 1.807) is 0 Å². The van der Waals surface area contributed by atoms with Gasteiger partial charge < -0.3 is 9.88 Å². The number of carbonyl (C=O) groups excluding carboxylic acids is 1. The second-order valence-corrected chi connectivity index (χ2v) is 6.27. The molecule has 0 spiro atoms. The van der Waals surface area contributed by atoms with E-state index in [-0.39, 0.29) is 5.92 Å². The normalized spacial score (nSPS) is 17.4. The number of aromatic nitrogens is 1. The van der Waals surface area contributed by atoms with E-state index in [0.29, 0.717) is 13.1 Å². The lowest BCUT2D eigenvalue weighted by molar-refractivity contribution is 0.0784. The molecule has 2 heterocycles. The van der Waals surface area contributed by atoms with E-state index in [4.69, 9.17) is 0 Å². The number of nitrogens with one attached hydrogen (secondary N) is 1. The van der Waals surface area contributed by atoms with Gasteiger partial charge in [-0.15, -0.1) is 0 Å². The zero-order chi connectivity index (χ0) is 17.6. The SMILES string of the molecule is O=C(c1ccc(F)c(F)c1F)N1CCC(c2cc3ccccc3[nH]2)C1. The van der Waals surface area contributed by atoms with Gasteiger partial charge in [-0.3, -0.25) is 4.79 Å². The fourth-order valence-corrected chi connectivity index (χ4v) is 3.38. The highest BCUT2D eigenvalue weighted by Gasteiger charge is 2.31. The number of nitrogens with zero attached hydrogens (tertiary/aromatic N) is 1. The number of benzene rings is 2. The molecule has 6 heteroatoms. The Morgan fingerprint density at radius 3 is 2.68 bits per heavy atom. The highest BCUT2D eigenvalue weighted by molar-refractivity contribution is 5.94. The lowest BCUT2D eigenvalue weighted by Crippen LogP contribution is -2.29. The summed E-state index contributed by atoms with van der Waals surface area (Å²) in [5.41, 5.74) is 1.60. The van der Waals surface area contributed by atoms with Crippen molar-refractivity contribution >= 4 is 16.8 Å². The molecule has 4 rings (SSSR count). The molecule has 0 saturated carbocycles. The van der Waals surface area contributed by atoms with E-state index in [1.807, 2.05) is 30.3 Å². The standard InChI is InChI=1S/C19H15F3N2O/c20-14-6-5-13(17(21)18(14)22)19(25)24-8-7-12(10-24)16-9-11-3-1-2-4-15(11)23-16/h1-6,9,12,23H,7-8,10H2. The van der Waals surface area contributed by atoms with Gasteiger partial charge in [-0.05, 0) is 36.1 Å². The minimum absolute atomic E-state index is 0.102. The van der Waals surface area contributed by atoms with Crippen molar-refractivity contribution in [3.8, 4) is 0 Å². The molecule has 128 valence electrons. The van der Waals surface area contributed by atoms with Gasteiger partial charge in [0, 0.05) is 30.2 Å². The van der Waals surface area contributed by atoms with Crippen molar-refractivity contribution in [3.05, 3.63) is 71.2 Å². The molecule has 0 radical (unpaired) electrons. The van der Waals surface area contributed by atoms with Crippen LogP contribution in [0.3, 0.4) is 0 Å². The number of hydrogen-bond acceptors (Lipinski definition) is 1. The average molecular weight is 344 g/mol. The molecule has 1 N–H and O–H groups in total. The molecule has 1 unspecified atom stereocenters. The van der Waals surface area contributed by atoms with Crippen molar-refractivity contribution in [2.24, 2.45) is 0 Å². The number of para-hydroxylation sites is 1. The lowest BCUT2D eigenvalue weighted by atomic mass is 10.1. The molecule has 3 aromatic rings. The third-order valence-corrected chi connectivity index (χ3v) is 4.73. The number of amides is 1. The van der Waals surface area contributed by atoms with Gasteiger partial charge in [-0.1, -0.05) is 18.2 Å². The van der Waals surface area contributed by atoms with Gasteiger partial charge in [0.05, 0.1) is 5.56 Å². The molecule has 1 aromatic heterocycles. The summed E-state index contributed by atoms with van der Waals surface area (Å²) in [5.74, 6) is -4.86. The lowest BCUT2D eigenvalue weighted by Gasteiger charge is -2.17. The van der Waals surface area contributed by atoms with Crippen molar-refractivity contribution in [2.75, 3.05) is 13.1 Å². The molecule has 1 saturated heterocycles. The summed E-state index contributed by atoms with van der Waals surface area (Å²) in [5, 5.41) is 1.09. The van der Waals surface area contributed by atoms with Crippen molar-refractivity contribution in [3.63, 3.8) is 0 Å². The van der Waals surface area contributed by atoms with Gasteiger partial charge in [0.2, 0.25) is 0 Å². The first-order valence-corrected chi connectivity index (χ1v) is 8.05. The maximum absolute atomic E-state index is 13.9. The van der Waals surface area contributed by atoms with Crippen LogP contribution in [-0.2, 0) is 0 Å². The van der Waals surface area contributed by atoms with Crippen molar-refractivity contribution in [1.29, 1.82) is 0 Å². The van der Waals surface area contributed by atoms with Gasteiger partial charge in [0.1, 0.15) is 0 Å². The summed E-state index contributed by atoms with van der Waals surface area (Å²) in [6.07, 6.45) is 0.726. The van der Waals surface area contributed by atoms with Crippen LogP contribution in [0.2, 0.25) is 0 Å². The monoisotopic (exact) mass is 344 g/mol. The quantitative estimate of drug-likeness (QED) is 0.695. The minimum atomic E-state index is -1.61. The van der Waals surface area contributed by atoms with Crippen LogP contribution < -0.4 is 0 Å². The van der Waals surface area contributed by atoms with E-state index in [2.05, 4.69) is 4.98 Å². The number of rotatable bonds is 2. The van der Waals surface area contributed by atoms with Crippen LogP contribution in [-0.4, -0.2) is 28.9 Å². The van der Waals surface area contributed by atoms with Crippen LogP contribution >= 0.6 is 0 Å². The predicted molar refractivity (Wildman–Crippen MR) is 87.9 cm³/mol. The van der Waals surface area contributed by atoms with E-state index in [1.165, 1.54) is 4.90 Å². The first-order chi connectivity index (χ1) is 12.0. The van der Waals surface area contributed by atoms with Gasteiger partial charge >= 0.3 is 0 Å². The van der Waals surface area contributed by atoms with Crippen LogP contribution in [0.25, 0.3) is 10.9 Å². The maximum Gasteiger partial charge on any atom is 0.256 e. The number of hydrogen-bond donors (Lipinski definition) is 1. The van der Waals surface area contributed by atoms with Gasteiger partial charge in [-0.25, -0.2) is 13.2 Å². The summed E-state index contributed by atoms with van der Waals surface area (Å²) < 4.78 is 40.3. The molecule has 1 amide bonds. The molecule has 0 aliphatic carbocycles. The minimum Gasteiger partial charge on any atom is -0.358 e. The zero-order valence-electron chi connectivity index (χ0n) is 13.2. The third-order valence-electron chi connectivity index (χ3n) is 4.73. The number of fused-ring (bicyclic) bond motifs is 1. The number of likely N-dealkylation sites (tertiary alicyclic amines) is 1. The average Bonchev–Trinajstić information content (AvgIpc) is 3.25. The second kappa shape index (κ2) is 5.95. The van der Waals surface area contributed by atoms with Crippen LogP contribution in [0.5, 0.6) is 0 Å². The topological polar surface area (TPSA) is 36.1 Å². The number of H-pyrrole nitrogens is 1. The molecule has 1 atom stereocenters. The third kappa shape index (κ3) is 2.67. The Kier molecular flexibility index (Phi) is 3.75. The Morgan fingerprint density at radius 1 is 1.08 bits per heavy atom. The van der Waals surface area contributed by atoms with Crippen molar-refractivity contribution in [1.82, 2.24) is 9.88 Å². The molecular formula is C19H15F3N2O. The molecule has 1 aliphatic rings. The van der Waals surface area contributed by atoms with Gasteiger partial charge in [0.25, 0.3) is 5.91 Å². The van der Waals surface area contributed by atoms with Gasteiger partial charge in [-0.2, -0.15) is 0 Å². The van der Waals surface area contributed by atoms with E-state index >= 15 is 0 Å². The van der Waals surface area contributed by atoms with Crippen LogP contribution in [0.4, 0.5) is 13.2 Å². The van der Waals surface area contributed by atoms with E-state index < -0.39 is 28.9 Å². The Bertz CT molecular complexity index is 933. The molecule has 25 heavy (non-hydrogen) atoms. The largest absolute Gasteiger partial charge is 0.358 e. The highest BCUT2D eigenvalue weighted by Crippen LogP contribution is 2.30. The zero-order valence-corrected chi connectivity index (χ0v) is 13.2. The fraction of sp³-hybridized carbons (Fsp3) is 0.211. The fourth-order valence-electron chi connectivity index (χ4n) is 3.38. The molecule has 2 aromatic carbocycles. The molecular weight excluding hydrogens is 329 g/mol. The van der Waals surface area contributed by atoms with Crippen LogP contribution in [0, 0.1) is 17.5 Å². The maximum atomic E-state index is 13.9. The molecule has 1 aliphatic heterocycles. The number of halogens is 3. The second-order valence-electron chi connectivity index (χ2n) is 6.27. The Morgan fingerprint density at radius 2 is 1.88 bits per heavy atom. The summed E-state index contributed by atoms with van der Waals surface area (Å²) in [7, 11) is 0. The predicted octanol–water partition coefficient (Wildman–Crippen LogP) is 4.21. The summed E-state index contributed by atoms with van der Waals surface area (Å²) in [4.78, 5) is 17.3. The van der Waals surface area contributed by atoms with E-state index in [0.717, 1.165) is 35.2 Å². The molecule has 0 bridgehead atoms. The van der Waals surface area contributed by atoms with Crippen molar-refractivity contribution in [2.45, 2.75) is 12.3 Å². The first kappa shape index (κ1) is 15.7. The first-order valence-electron chi connectivity index (χ1n) is 8.05. The smallest absolute Gasteiger partial charge is 0.256 e. The molecule has 1 fully saturated rings. The summed E-state index contributed by atoms with van der Waals surface area (Å²) >= 11 is 0.